The van der Waals surface area contributed by atoms with Crippen molar-refractivity contribution in [3.8, 4) is 0 Å². The van der Waals surface area contributed by atoms with Crippen LogP contribution in [-0.2, 0) is 14.3 Å². The third kappa shape index (κ3) is 4.02. The number of anilines is 1. The lowest BCUT2D eigenvalue weighted by Gasteiger charge is -2.39. The summed E-state index contributed by atoms with van der Waals surface area (Å²) in [6.45, 7) is 8.25. The Balaban J connectivity index is 1.64. The highest BCUT2D eigenvalue weighted by Gasteiger charge is 2.34. The Bertz CT molecular complexity index is 611. The summed E-state index contributed by atoms with van der Waals surface area (Å²) in [5.74, 6) is 0.0570. The minimum absolute atomic E-state index is 0.0136. The minimum atomic E-state index is -0.150. The monoisotopic (exact) mass is 345 g/mol. The van der Waals surface area contributed by atoms with Crippen LogP contribution in [0.5, 0.6) is 0 Å². The molecule has 2 amide bonds. The van der Waals surface area contributed by atoms with Gasteiger partial charge in [0.15, 0.2) is 0 Å². The Hall–Kier alpha value is -1.92. The van der Waals surface area contributed by atoms with Crippen LogP contribution in [0.4, 0.5) is 5.69 Å². The van der Waals surface area contributed by atoms with Crippen molar-refractivity contribution in [2.24, 2.45) is 0 Å². The van der Waals surface area contributed by atoms with E-state index in [4.69, 9.17) is 4.74 Å². The quantitative estimate of drug-likeness (QED) is 0.825. The van der Waals surface area contributed by atoms with Crippen LogP contribution in [-0.4, -0.2) is 73.6 Å². The van der Waals surface area contributed by atoms with Crippen LogP contribution in [0.2, 0.25) is 0 Å². The number of ether oxygens (including phenoxy) is 1. The molecule has 0 unspecified atom stereocenters. The van der Waals surface area contributed by atoms with E-state index in [9.17, 15) is 9.59 Å². The molecule has 2 aliphatic rings. The number of benzene rings is 1. The third-order valence-corrected chi connectivity index (χ3v) is 5.04. The van der Waals surface area contributed by atoms with Crippen LogP contribution in [0.25, 0.3) is 0 Å². The average molecular weight is 345 g/mol. The summed E-state index contributed by atoms with van der Waals surface area (Å²) in [7, 11) is 0. The van der Waals surface area contributed by atoms with Gasteiger partial charge in [-0.15, -0.1) is 0 Å². The minimum Gasteiger partial charge on any atom is -0.379 e. The molecule has 0 aliphatic carbocycles. The zero-order valence-electron chi connectivity index (χ0n) is 15.1. The van der Waals surface area contributed by atoms with Gasteiger partial charge in [-0.3, -0.25) is 14.5 Å². The summed E-state index contributed by atoms with van der Waals surface area (Å²) in [5, 5.41) is 0. The highest BCUT2D eigenvalue weighted by atomic mass is 16.5. The van der Waals surface area contributed by atoms with Crippen molar-refractivity contribution in [2.75, 3.05) is 50.8 Å². The first kappa shape index (κ1) is 17.9. The second kappa shape index (κ2) is 7.97. The van der Waals surface area contributed by atoms with E-state index in [1.807, 2.05) is 38.1 Å². The van der Waals surface area contributed by atoms with E-state index >= 15 is 0 Å². The average Bonchev–Trinajstić information content (AvgIpc) is 2.64. The smallest absolute Gasteiger partial charge is 0.246 e. The highest BCUT2D eigenvalue weighted by Crippen LogP contribution is 2.19. The molecule has 3 rings (SSSR count). The number of amides is 2. The molecule has 0 bridgehead atoms. The first-order valence-electron chi connectivity index (χ1n) is 9.07. The van der Waals surface area contributed by atoms with Gasteiger partial charge in [-0.25, -0.2) is 0 Å². The Morgan fingerprint density at radius 1 is 1.12 bits per heavy atom. The lowest BCUT2D eigenvalue weighted by Crippen LogP contribution is -2.58. The number of carbonyl (C=O) groups excluding carboxylic acids is 2. The Kier molecular flexibility index (Phi) is 5.71. The largest absolute Gasteiger partial charge is 0.379 e. The Morgan fingerprint density at radius 3 is 2.40 bits per heavy atom. The number of carbonyl (C=O) groups is 2. The first-order chi connectivity index (χ1) is 12.1. The summed E-state index contributed by atoms with van der Waals surface area (Å²) in [4.78, 5) is 31.2. The molecule has 2 saturated heterocycles. The summed E-state index contributed by atoms with van der Waals surface area (Å²) < 4.78 is 5.38. The van der Waals surface area contributed by atoms with Crippen LogP contribution in [0.3, 0.4) is 0 Å². The molecule has 0 spiro atoms. The number of piperazine rings is 1. The van der Waals surface area contributed by atoms with E-state index in [2.05, 4.69) is 4.90 Å². The fourth-order valence-corrected chi connectivity index (χ4v) is 3.55. The van der Waals surface area contributed by atoms with Crippen molar-refractivity contribution in [1.82, 2.24) is 9.80 Å². The molecule has 25 heavy (non-hydrogen) atoms. The molecule has 2 fully saturated rings. The zero-order valence-corrected chi connectivity index (χ0v) is 15.1. The molecule has 2 heterocycles. The molecule has 2 aliphatic heterocycles. The van der Waals surface area contributed by atoms with Gasteiger partial charge in [0, 0.05) is 31.9 Å². The normalized spacial score (nSPS) is 20.6. The van der Waals surface area contributed by atoms with Crippen LogP contribution in [0, 0.1) is 6.92 Å². The maximum absolute atomic E-state index is 12.9. The topological polar surface area (TPSA) is 53.1 Å². The van der Waals surface area contributed by atoms with E-state index in [0.717, 1.165) is 25.2 Å². The van der Waals surface area contributed by atoms with Gasteiger partial charge >= 0.3 is 0 Å². The first-order valence-corrected chi connectivity index (χ1v) is 9.07. The van der Waals surface area contributed by atoms with Crippen molar-refractivity contribution in [1.29, 1.82) is 0 Å². The molecular weight excluding hydrogens is 318 g/mol. The van der Waals surface area contributed by atoms with Crippen molar-refractivity contribution < 1.29 is 14.3 Å². The standard InChI is InChI=1S/C19H27N3O3/c1-3-17(20-10-12-25-13-11-20)19(24)21-8-9-22(18(23)14-21)16-6-4-15(2)5-7-16/h4-7,17H,3,8-14H2,1-2H3/t17-/m1/s1. The van der Waals surface area contributed by atoms with E-state index in [1.165, 1.54) is 5.56 Å². The van der Waals surface area contributed by atoms with Crippen molar-refractivity contribution in [2.45, 2.75) is 26.3 Å². The number of nitrogens with zero attached hydrogens (tertiary/aromatic N) is 3. The number of morpholine rings is 1. The van der Waals surface area contributed by atoms with Gasteiger partial charge in [0.25, 0.3) is 0 Å². The molecule has 6 nitrogen and oxygen atoms in total. The fraction of sp³-hybridized carbons (Fsp3) is 0.579. The van der Waals surface area contributed by atoms with Crippen LogP contribution in [0.1, 0.15) is 18.9 Å². The predicted octanol–water partition coefficient (Wildman–Crippen LogP) is 1.28. The Labute approximate surface area is 149 Å². The van der Waals surface area contributed by atoms with Gasteiger partial charge in [-0.05, 0) is 25.5 Å². The molecule has 6 heteroatoms. The zero-order chi connectivity index (χ0) is 17.8. The molecular formula is C19H27N3O3. The van der Waals surface area contributed by atoms with Gasteiger partial charge in [0.05, 0.1) is 19.3 Å². The SMILES string of the molecule is CC[C@H](C(=O)N1CCN(c2ccc(C)cc2)C(=O)C1)N1CCOCC1. The number of aryl methyl sites for hydroxylation is 1. The second-order valence-corrected chi connectivity index (χ2v) is 6.71. The number of hydrogen-bond acceptors (Lipinski definition) is 4. The summed E-state index contributed by atoms with van der Waals surface area (Å²) in [6.07, 6.45) is 0.755. The van der Waals surface area contributed by atoms with Crippen molar-refractivity contribution in [3.05, 3.63) is 29.8 Å². The molecule has 0 N–H and O–H groups in total. The van der Waals surface area contributed by atoms with Crippen molar-refractivity contribution in [3.63, 3.8) is 0 Å². The van der Waals surface area contributed by atoms with Crippen LogP contribution >= 0.6 is 0 Å². The van der Waals surface area contributed by atoms with Crippen LogP contribution < -0.4 is 4.90 Å². The van der Waals surface area contributed by atoms with Crippen LogP contribution in [0.15, 0.2) is 24.3 Å². The molecule has 0 aromatic heterocycles. The molecule has 1 atom stereocenters. The molecule has 1 aromatic rings. The predicted molar refractivity (Wildman–Crippen MR) is 96.6 cm³/mol. The van der Waals surface area contributed by atoms with E-state index in [1.54, 1.807) is 9.80 Å². The van der Waals surface area contributed by atoms with Gasteiger partial charge in [0.2, 0.25) is 11.8 Å². The molecule has 0 saturated carbocycles. The lowest BCUT2D eigenvalue weighted by atomic mass is 10.1. The summed E-state index contributed by atoms with van der Waals surface area (Å²) >= 11 is 0. The van der Waals surface area contributed by atoms with E-state index in [0.29, 0.717) is 26.3 Å². The maximum Gasteiger partial charge on any atom is 0.246 e. The molecule has 136 valence electrons. The fourth-order valence-electron chi connectivity index (χ4n) is 3.55. The summed E-state index contributed by atoms with van der Waals surface area (Å²) in [5.41, 5.74) is 2.07. The third-order valence-electron chi connectivity index (χ3n) is 5.04. The van der Waals surface area contributed by atoms with Crippen molar-refractivity contribution >= 4 is 17.5 Å². The van der Waals surface area contributed by atoms with E-state index in [-0.39, 0.29) is 24.4 Å². The van der Waals surface area contributed by atoms with Gasteiger partial charge in [-0.1, -0.05) is 24.6 Å². The van der Waals surface area contributed by atoms with Gasteiger partial charge in [0.1, 0.15) is 6.54 Å². The summed E-state index contributed by atoms with van der Waals surface area (Å²) in [6, 6.07) is 7.79. The molecule has 1 aromatic carbocycles. The lowest BCUT2D eigenvalue weighted by molar-refractivity contribution is -0.143. The highest BCUT2D eigenvalue weighted by molar-refractivity contribution is 5.98. The Morgan fingerprint density at radius 2 is 1.80 bits per heavy atom. The number of rotatable bonds is 4. The number of hydrogen-bond donors (Lipinski definition) is 0. The van der Waals surface area contributed by atoms with Gasteiger partial charge < -0.3 is 14.5 Å². The van der Waals surface area contributed by atoms with E-state index < -0.39 is 0 Å². The van der Waals surface area contributed by atoms with Gasteiger partial charge in [-0.2, -0.15) is 0 Å². The molecule has 0 radical (unpaired) electrons. The maximum atomic E-state index is 12.9. The second-order valence-electron chi connectivity index (χ2n) is 6.71.